The number of hydrogen-bond acceptors (Lipinski definition) is 1. The zero-order chi connectivity index (χ0) is 29.6. The first kappa shape index (κ1) is 26.7. The topological polar surface area (TPSA) is 12.9 Å². The van der Waals surface area contributed by atoms with Crippen LogP contribution in [-0.2, 0) is 6.18 Å². The van der Waals surface area contributed by atoms with Crippen LogP contribution < -0.4 is 0 Å². The highest BCUT2D eigenvalue weighted by atomic mass is 19.4. The Morgan fingerprint density at radius 2 is 0.930 bits per heavy atom. The SMILES string of the molecule is Cc1cc(-c2ccc(-c3ccc4cc(-c5ccc(-c6cnc7ccccc7c6)cc5)ccc4c3)cc2)cc(C(F)(F)F)c1. The number of aryl methyl sites for hydroxylation is 1. The largest absolute Gasteiger partial charge is 0.416 e. The van der Waals surface area contributed by atoms with Crippen molar-refractivity contribution in [2.24, 2.45) is 0 Å². The third-order valence-electron chi connectivity index (χ3n) is 7.94. The first-order chi connectivity index (χ1) is 20.8. The predicted molar refractivity (Wildman–Crippen MR) is 171 cm³/mol. The van der Waals surface area contributed by atoms with Gasteiger partial charge in [-0.1, -0.05) is 97.1 Å². The Hall–Kier alpha value is -5.22. The normalized spacial score (nSPS) is 11.7. The number of pyridine rings is 1. The maximum absolute atomic E-state index is 13.3. The maximum Gasteiger partial charge on any atom is 0.416 e. The van der Waals surface area contributed by atoms with Crippen molar-refractivity contribution in [2.75, 3.05) is 0 Å². The van der Waals surface area contributed by atoms with Gasteiger partial charge >= 0.3 is 6.18 Å². The molecule has 4 heteroatoms. The third-order valence-corrected chi connectivity index (χ3v) is 7.94. The molecule has 0 aliphatic heterocycles. The van der Waals surface area contributed by atoms with Crippen LogP contribution in [0.3, 0.4) is 0 Å². The van der Waals surface area contributed by atoms with E-state index < -0.39 is 11.7 Å². The molecule has 0 saturated carbocycles. The first-order valence-corrected chi connectivity index (χ1v) is 14.1. The molecule has 0 aliphatic carbocycles. The van der Waals surface area contributed by atoms with Crippen molar-refractivity contribution in [3.63, 3.8) is 0 Å². The molecule has 0 fully saturated rings. The number of nitrogens with zero attached hydrogens (tertiary/aromatic N) is 1. The number of rotatable bonds is 4. The maximum atomic E-state index is 13.3. The molecule has 0 N–H and O–H groups in total. The van der Waals surface area contributed by atoms with Crippen LogP contribution in [0, 0.1) is 6.92 Å². The molecule has 0 atom stereocenters. The lowest BCUT2D eigenvalue weighted by molar-refractivity contribution is -0.137. The molecule has 7 aromatic rings. The second-order valence-corrected chi connectivity index (χ2v) is 10.9. The lowest BCUT2D eigenvalue weighted by atomic mass is 9.95. The molecule has 43 heavy (non-hydrogen) atoms. The van der Waals surface area contributed by atoms with Gasteiger partial charge in [-0.05, 0) is 98.6 Å². The summed E-state index contributed by atoms with van der Waals surface area (Å²) in [5.41, 5.74) is 8.84. The Morgan fingerprint density at radius 3 is 1.51 bits per heavy atom. The smallest absolute Gasteiger partial charge is 0.256 e. The fourth-order valence-electron chi connectivity index (χ4n) is 5.66. The second-order valence-electron chi connectivity index (χ2n) is 10.9. The molecule has 7 rings (SSSR count). The predicted octanol–water partition coefficient (Wildman–Crippen LogP) is 11.4. The number of benzene rings is 6. The van der Waals surface area contributed by atoms with Crippen molar-refractivity contribution in [3.05, 3.63) is 151 Å². The summed E-state index contributed by atoms with van der Waals surface area (Å²) < 4.78 is 40.0. The molecule has 0 saturated heterocycles. The Labute approximate surface area is 247 Å². The minimum absolute atomic E-state index is 0.562. The molecular formula is C39H26F3N. The van der Waals surface area contributed by atoms with E-state index in [0.29, 0.717) is 11.1 Å². The van der Waals surface area contributed by atoms with E-state index in [0.717, 1.165) is 60.6 Å². The Balaban J connectivity index is 1.13. The molecule has 0 spiro atoms. The lowest BCUT2D eigenvalue weighted by Gasteiger charge is -2.12. The number of fused-ring (bicyclic) bond motifs is 2. The van der Waals surface area contributed by atoms with Crippen LogP contribution in [0.15, 0.2) is 140 Å². The van der Waals surface area contributed by atoms with E-state index in [4.69, 9.17) is 0 Å². The van der Waals surface area contributed by atoms with Gasteiger partial charge in [0.1, 0.15) is 0 Å². The van der Waals surface area contributed by atoms with Crippen LogP contribution in [0.1, 0.15) is 11.1 Å². The van der Waals surface area contributed by atoms with E-state index in [9.17, 15) is 13.2 Å². The van der Waals surface area contributed by atoms with Crippen molar-refractivity contribution in [1.29, 1.82) is 0 Å². The molecule has 6 aromatic carbocycles. The highest BCUT2D eigenvalue weighted by molar-refractivity contribution is 5.91. The zero-order valence-electron chi connectivity index (χ0n) is 23.4. The number of aromatic nitrogens is 1. The lowest BCUT2D eigenvalue weighted by Crippen LogP contribution is -2.05. The van der Waals surface area contributed by atoms with Gasteiger partial charge in [-0.2, -0.15) is 13.2 Å². The van der Waals surface area contributed by atoms with Gasteiger partial charge in [0.2, 0.25) is 0 Å². The van der Waals surface area contributed by atoms with Crippen molar-refractivity contribution in [2.45, 2.75) is 13.1 Å². The molecule has 0 aliphatic rings. The van der Waals surface area contributed by atoms with Crippen LogP contribution in [0.2, 0.25) is 0 Å². The van der Waals surface area contributed by atoms with E-state index in [-0.39, 0.29) is 0 Å². The summed E-state index contributed by atoms with van der Waals surface area (Å²) >= 11 is 0. The molecule has 1 aromatic heterocycles. The van der Waals surface area contributed by atoms with Crippen LogP contribution in [-0.4, -0.2) is 4.98 Å². The van der Waals surface area contributed by atoms with Gasteiger partial charge in [0.05, 0.1) is 11.1 Å². The Kier molecular flexibility index (Phi) is 6.55. The van der Waals surface area contributed by atoms with Crippen LogP contribution >= 0.6 is 0 Å². The van der Waals surface area contributed by atoms with Crippen LogP contribution in [0.4, 0.5) is 13.2 Å². The fraction of sp³-hybridized carbons (Fsp3) is 0.0513. The summed E-state index contributed by atoms with van der Waals surface area (Å²) in [5.74, 6) is 0. The molecule has 208 valence electrons. The monoisotopic (exact) mass is 565 g/mol. The number of halogens is 3. The third kappa shape index (κ3) is 5.40. The fourth-order valence-corrected chi connectivity index (χ4v) is 5.66. The minimum atomic E-state index is -4.37. The number of alkyl halides is 3. The Morgan fingerprint density at radius 1 is 0.442 bits per heavy atom. The van der Waals surface area contributed by atoms with E-state index >= 15 is 0 Å². The molecule has 0 amide bonds. The summed E-state index contributed by atoms with van der Waals surface area (Å²) in [6.45, 7) is 1.69. The van der Waals surface area contributed by atoms with Gasteiger partial charge in [-0.25, -0.2) is 0 Å². The van der Waals surface area contributed by atoms with Crippen LogP contribution in [0.5, 0.6) is 0 Å². The highest BCUT2D eigenvalue weighted by Gasteiger charge is 2.31. The summed E-state index contributed by atoms with van der Waals surface area (Å²) in [7, 11) is 0. The summed E-state index contributed by atoms with van der Waals surface area (Å²) in [5, 5.41) is 3.39. The highest BCUT2D eigenvalue weighted by Crippen LogP contribution is 2.35. The van der Waals surface area contributed by atoms with Gasteiger partial charge in [-0.15, -0.1) is 0 Å². The van der Waals surface area contributed by atoms with Crippen molar-refractivity contribution < 1.29 is 13.2 Å². The standard InChI is InChI=1S/C39H26F3N/c1-25-18-35(23-37(19-25)39(40,41)42)28-10-6-26(7-11-28)30-14-16-33-21-31(15-17-32(33)20-30)27-8-12-29(13-9-27)36-22-34-4-2-3-5-38(34)43-24-36/h2-24H,1H3. The van der Waals surface area contributed by atoms with E-state index in [2.05, 4.69) is 77.8 Å². The van der Waals surface area contributed by atoms with Gasteiger partial charge in [0.25, 0.3) is 0 Å². The average Bonchev–Trinajstić information content (AvgIpc) is 3.03. The summed E-state index contributed by atoms with van der Waals surface area (Å²) in [6, 6.07) is 43.6. The quantitative estimate of drug-likeness (QED) is 0.207. The molecule has 0 radical (unpaired) electrons. The number of para-hydroxylation sites is 1. The minimum Gasteiger partial charge on any atom is -0.256 e. The van der Waals surface area contributed by atoms with Crippen molar-refractivity contribution in [3.8, 4) is 44.5 Å². The molecule has 1 heterocycles. The van der Waals surface area contributed by atoms with Gasteiger partial charge in [0.15, 0.2) is 0 Å². The van der Waals surface area contributed by atoms with Crippen LogP contribution in [0.25, 0.3) is 66.2 Å². The van der Waals surface area contributed by atoms with Crippen molar-refractivity contribution in [1.82, 2.24) is 4.98 Å². The van der Waals surface area contributed by atoms with Gasteiger partial charge in [0, 0.05) is 17.1 Å². The van der Waals surface area contributed by atoms with Crippen molar-refractivity contribution >= 4 is 21.7 Å². The molecule has 1 nitrogen and oxygen atoms in total. The second kappa shape index (κ2) is 10.6. The number of hydrogen-bond donors (Lipinski definition) is 0. The van der Waals surface area contributed by atoms with E-state index in [1.165, 1.54) is 12.1 Å². The molecule has 0 bridgehead atoms. The summed E-state index contributed by atoms with van der Waals surface area (Å²) in [6.07, 6.45) is -2.45. The molecule has 0 unspecified atom stereocenters. The first-order valence-electron chi connectivity index (χ1n) is 14.1. The summed E-state index contributed by atoms with van der Waals surface area (Å²) in [4.78, 5) is 4.60. The van der Waals surface area contributed by atoms with E-state index in [1.54, 1.807) is 13.0 Å². The van der Waals surface area contributed by atoms with E-state index in [1.807, 2.05) is 48.7 Å². The average molecular weight is 566 g/mol. The van der Waals surface area contributed by atoms with Gasteiger partial charge < -0.3 is 0 Å². The zero-order valence-corrected chi connectivity index (χ0v) is 23.4. The Bertz CT molecular complexity index is 2110. The molecular weight excluding hydrogens is 539 g/mol. The van der Waals surface area contributed by atoms with Gasteiger partial charge in [-0.3, -0.25) is 4.98 Å².